The van der Waals surface area contributed by atoms with Gasteiger partial charge in [0.25, 0.3) is 0 Å². The molecule has 7 heteroatoms. The van der Waals surface area contributed by atoms with E-state index in [1.165, 1.54) is 30.6 Å². The topological polar surface area (TPSA) is 79.3 Å². The van der Waals surface area contributed by atoms with Gasteiger partial charge in [-0.25, -0.2) is 4.98 Å². The number of aromatic nitrogens is 1. The fourth-order valence-corrected chi connectivity index (χ4v) is 7.57. The summed E-state index contributed by atoms with van der Waals surface area (Å²) in [5.74, 6) is -0.649. The zero-order valence-electron chi connectivity index (χ0n) is 15.7. The number of anilines is 1. The van der Waals surface area contributed by atoms with Crippen LogP contribution < -0.4 is 5.32 Å². The van der Waals surface area contributed by atoms with Gasteiger partial charge in [0, 0.05) is 5.02 Å². The minimum absolute atomic E-state index is 0.388. The van der Waals surface area contributed by atoms with Crippen LogP contribution in [0.2, 0.25) is 5.02 Å². The number of carboxylic acids is 1. The van der Waals surface area contributed by atoms with Crippen LogP contribution in [0.4, 0.5) is 5.13 Å². The average Bonchev–Trinajstić information content (AvgIpc) is 2.94. The fourth-order valence-electron chi connectivity index (χ4n) is 6.46. The highest BCUT2D eigenvalue weighted by atomic mass is 35.5. The third-order valence-corrected chi connectivity index (χ3v) is 8.45. The maximum Gasteiger partial charge on any atom is 0.316 e. The summed E-state index contributed by atoms with van der Waals surface area (Å²) in [6, 6.07) is 3.73. The van der Waals surface area contributed by atoms with E-state index < -0.39 is 17.8 Å². The van der Waals surface area contributed by atoms with Gasteiger partial charge in [0.1, 0.15) is 5.92 Å². The second-order valence-corrected chi connectivity index (χ2v) is 10.6. The fraction of sp³-hybridized carbons (Fsp3) is 0.571. The number of hydrogen-bond acceptors (Lipinski definition) is 4. The molecule has 4 aliphatic rings. The number of rotatable bonds is 4. The lowest BCUT2D eigenvalue weighted by molar-refractivity contribution is -0.162. The Bertz CT molecular complexity index is 911. The smallest absolute Gasteiger partial charge is 0.316 e. The van der Waals surface area contributed by atoms with Crippen LogP contribution in [-0.2, 0) is 9.59 Å². The minimum Gasteiger partial charge on any atom is -0.481 e. The monoisotopic (exact) mass is 418 g/mol. The molecule has 4 fully saturated rings. The van der Waals surface area contributed by atoms with Crippen LogP contribution in [0, 0.1) is 36.0 Å². The molecule has 6 rings (SSSR count). The van der Waals surface area contributed by atoms with Crippen molar-refractivity contribution in [2.75, 3.05) is 5.32 Å². The lowest BCUT2D eigenvalue weighted by Crippen LogP contribution is -2.54. The van der Waals surface area contributed by atoms with Gasteiger partial charge in [0.15, 0.2) is 5.13 Å². The van der Waals surface area contributed by atoms with Crippen molar-refractivity contribution < 1.29 is 14.7 Å². The van der Waals surface area contributed by atoms with Crippen molar-refractivity contribution in [3.05, 3.63) is 22.7 Å². The maximum atomic E-state index is 13.1. The van der Waals surface area contributed by atoms with Gasteiger partial charge in [-0.15, -0.1) is 0 Å². The van der Waals surface area contributed by atoms with Crippen LogP contribution in [0.15, 0.2) is 12.1 Å². The first-order valence-corrected chi connectivity index (χ1v) is 11.1. The lowest BCUT2D eigenvalue weighted by Gasteiger charge is -2.58. The van der Waals surface area contributed by atoms with E-state index in [-0.39, 0.29) is 5.41 Å². The highest BCUT2D eigenvalue weighted by molar-refractivity contribution is 7.22. The molecule has 1 aromatic heterocycles. The summed E-state index contributed by atoms with van der Waals surface area (Å²) in [4.78, 5) is 29.8. The first kappa shape index (κ1) is 18.4. The standard InChI is InChI=1S/C21H23ClN2O3S/c1-10-2-16-15(6-14(10)22)23-20(28-16)24-18(25)17(19(26)27)21-7-11-3-12(8-21)5-13(4-11)9-21/h2,6,11-13,17H,3-5,7-9H2,1H3,(H,26,27)(H,23,24,25). The molecule has 4 bridgehead atoms. The van der Waals surface area contributed by atoms with E-state index in [4.69, 9.17) is 11.6 Å². The molecule has 1 atom stereocenters. The number of hydrogen-bond donors (Lipinski definition) is 2. The number of aliphatic carboxylic acids is 1. The maximum absolute atomic E-state index is 13.1. The Balaban J connectivity index is 1.43. The predicted octanol–water partition coefficient (Wildman–Crippen LogP) is 5.11. The van der Waals surface area contributed by atoms with Gasteiger partial charge in [0.05, 0.1) is 10.2 Å². The van der Waals surface area contributed by atoms with E-state index in [0.29, 0.717) is 27.9 Å². The quantitative estimate of drug-likeness (QED) is 0.676. The number of amides is 1. The molecule has 28 heavy (non-hydrogen) atoms. The first-order valence-electron chi connectivity index (χ1n) is 9.93. The average molecular weight is 419 g/mol. The van der Waals surface area contributed by atoms with Crippen molar-refractivity contribution in [3.63, 3.8) is 0 Å². The summed E-state index contributed by atoms with van der Waals surface area (Å²) in [7, 11) is 0. The van der Waals surface area contributed by atoms with E-state index in [1.54, 1.807) is 6.07 Å². The number of nitrogens with one attached hydrogen (secondary N) is 1. The Hall–Kier alpha value is -1.66. The van der Waals surface area contributed by atoms with E-state index >= 15 is 0 Å². The Kier molecular flexibility index (Phi) is 4.22. The summed E-state index contributed by atoms with van der Waals surface area (Å²) in [6.45, 7) is 1.92. The zero-order chi connectivity index (χ0) is 19.6. The van der Waals surface area contributed by atoms with Gasteiger partial charge < -0.3 is 10.4 Å². The Labute approximate surface area is 172 Å². The van der Waals surface area contributed by atoms with E-state index in [0.717, 1.165) is 35.0 Å². The molecule has 1 aromatic carbocycles. The molecular weight excluding hydrogens is 396 g/mol. The minimum atomic E-state index is -1.00. The number of carbonyl (C=O) groups is 2. The third-order valence-electron chi connectivity index (χ3n) is 7.11. The molecule has 1 unspecified atom stereocenters. The van der Waals surface area contributed by atoms with Crippen molar-refractivity contribution in [1.29, 1.82) is 0 Å². The molecule has 0 spiro atoms. The number of thiazole rings is 1. The van der Waals surface area contributed by atoms with E-state index in [9.17, 15) is 14.7 Å². The van der Waals surface area contributed by atoms with Crippen LogP contribution in [0.1, 0.15) is 44.1 Å². The molecule has 2 N–H and O–H groups in total. The molecule has 0 saturated heterocycles. The highest BCUT2D eigenvalue weighted by Crippen LogP contribution is 2.63. The molecule has 0 aliphatic heterocycles. The molecule has 4 saturated carbocycles. The van der Waals surface area contributed by atoms with Crippen LogP contribution in [0.5, 0.6) is 0 Å². The molecule has 5 nitrogen and oxygen atoms in total. The molecular formula is C21H23ClN2O3S. The summed E-state index contributed by atoms with van der Waals surface area (Å²) < 4.78 is 0.930. The first-order chi connectivity index (χ1) is 13.3. The van der Waals surface area contributed by atoms with Crippen molar-refractivity contribution in [2.45, 2.75) is 45.4 Å². The van der Waals surface area contributed by atoms with Crippen LogP contribution in [0.3, 0.4) is 0 Å². The predicted molar refractivity (Wildman–Crippen MR) is 110 cm³/mol. The van der Waals surface area contributed by atoms with Gasteiger partial charge in [-0.05, 0) is 86.3 Å². The van der Waals surface area contributed by atoms with E-state index in [1.807, 2.05) is 13.0 Å². The van der Waals surface area contributed by atoms with Crippen LogP contribution in [0.25, 0.3) is 10.2 Å². The van der Waals surface area contributed by atoms with Crippen LogP contribution >= 0.6 is 22.9 Å². The van der Waals surface area contributed by atoms with Gasteiger partial charge in [0.2, 0.25) is 5.91 Å². The molecule has 1 heterocycles. The second kappa shape index (κ2) is 6.42. The molecule has 0 radical (unpaired) electrons. The SMILES string of the molecule is Cc1cc2sc(NC(=O)C(C(=O)O)C34CC5CC(CC(C5)C3)C4)nc2cc1Cl. The summed E-state index contributed by atoms with van der Waals surface area (Å²) in [5, 5.41) is 13.9. The number of fused-ring (bicyclic) bond motifs is 1. The van der Waals surface area contributed by atoms with Crippen LogP contribution in [-0.4, -0.2) is 22.0 Å². The zero-order valence-corrected chi connectivity index (χ0v) is 17.3. The largest absolute Gasteiger partial charge is 0.481 e. The second-order valence-electron chi connectivity index (χ2n) is 9.13. The van der Waals surface area contributed by atoms with Crippen molar-refractivity contribution in [2.24, 2.45) is 29.1 Å². The number of halogens is 1. The Morgan fingerprint density at radius 1 is 1.21 bits per heavy atom. The lowest BCUT2D eigenvalue weighted by atomic mass is 9.46. The van der Waals surface area contributed by atoms with Crippen molar-refractivity contribution in [1.82, 2.24) is 4.98 Å². The van der Waals surface area contributed by atoms with Gasteiger partial charge in [-0.1, -0.05) is 22.9 Å². The number of carboxylic acid groups (broad SMARTS) is 1. The molecule has 2 aromatic rings. The summed E-state index contributed by atoms with van der Waals surface area (Å²) >= 11 is 7.53. The molecule has 4 aliphatic carbocycles. The third kappa shape index (κ3) is 2.92. The number of nitrogens with zero attached hydrogens (tertiary/aromatic N) is 1. The van der Waals surface area contributed by atoms with E-state index in [2.05, 4.69) is 10.3 Å². The van der Waals surface area contributed by atoms with Crippen molar-refractivity contribution in [3.8, 4) is 0 Å². The summed E-state index contributed by atoms with van der Waals surface area (Å²) in [6.07, 6.45) is 6.26. The molecule has 1 amide bonds. The normalized spacial score (nSPS) is 31.9. The van der Waals surface area contributed by atoms with Gasteiger partial charge >= 0.3 is 5.97 Å². The van der Waals surface area contributed by atoms with Gasteiger partial charge in [-0.2, -0.15) is 0 Å². The molecule has 148 valence electrons. The summed E-state index contributed by atoms with van der Waals surface area (Å²) in [5.41, 5.74) is 1.28. The Morgan fingerprint density at radius 2 is 1.82 bits per heavy atom. The van der Waals surface area contributed by atoms with Crippen molar-refractivity contribution >= 4 is 50.2 Å². The number of aryl methyl sites for hydroxylation is 1. The Morgan fingerprint density at radius 3 is 2.39 bits per heavy atom. The number of benzene rings is 1. The highest BCUT2D eigenvalue weighted by Gasteiger charge is 2.58. The van der Waals surface area contributed by atoms with Gasteiger partial charge in [-0.3, -0.25) is 9.59 Å². The number of carbonyl (C=O) groups excluding carboxylic acids is 1.